The van der Waals surface area contributed by atoms with Crippen LogP contribution in [0.1, 0.15) is 37.2 Å². The lowest BCUT2D eigenvalue weighted by atomic mass is 9.84. The summed E-state index contributed by atoms with van der Waals surface area (Å²) in [6, 6.07) is 11.6. The van der Waals surface area contributed by atoms with Gasteiger partial charge in [-0.15, -0.1) is 0 Å². The predicted molar refractivity (Wildman–Crippen MR) is 102 cm³/mol. The number of Topliss-reactive ketones (excluding diaryl/α,β-unsaturated/α-hetero) is 1. The minimum Gasteiger partial charge on any atom is -0.299 e. The molecule has 1 aliphatic heterocycles. The summed E-state index contributed by atoms with van der Waals surface area (Å²) in [5.74, 6) is -0.905. The van der Waals surface area contributed by atoms with Crippen LogP contribution in [0, 0.1) is 26.1 Å². The normalized spacial score (nSPS) is 21.6. The summed E-state index contributed by atoms with van der Waals surface area (Å²) in [6.45, 7) is 3.06. The molecule has 3 atom stereocenters. The van der Waals surface area contributed by atoms with E-state index in [1.165, 1.54) is 19.1 Å². The zero-order valence-corrected chi connectivity index (χ0v) is 15.2. The quantitative estimate of drug-likeness (QED) is 0.622. The van der Waals surface area contributed by atoms with Crippen LogP contribution in [0.2, 0.25) is 0 Å². The first-order valence-corrected chi connectivity index (χ1v) is 8.58. The lowest BCUT2D eigenvalue weighted by molar-refractivity contribution is -0.386. The van der Waals surface area contributed by atoms with E-state index in [9.17, 15) is 25.0 Å². The van der Waals surface area contributed by atoms with Crippen molar-refractivity contribution in [3.05, 3.63) is 79.9 Å². The monoisotopic (exact) mass is 382 g/mol. The molecule has 0 saturated carbocycles. The topological polar surface area (TPSA) is 128 Å². The molecule has 0 bridgehead atoms. The molecule has 1 aliphatic rings. The van der Waals surface area contributed by atoms with Crippen molar-refractivity contribution in [2.75, 3.05) is 0 Å². The Labute approximate surface area is 160 Å². The van der Waals surface area contributed by atoms with Crippen LogP contribution in [0.15, 0.2) is 53.5 Å². The van der Waals surface area contributed by atoms with Crippen LogP contribution in [0.3, 0.4) is 0 Å². The Morgan fingerprint density at radius 1 is 0.964 bits per heavy atom. The van der Waals surface area contributed by atoms with Gasteiger partial charge in [-0.25, -0.2) is 0 Å². The van der Waals surface area contributed by atoms with Crippen molar-refractivity contribution in [2.45, 2.75) is 26.1 Å². The molecule has 28 heavy (non-hydrogen) atoms. The molecule has 0 saturated heterocycles. The summed E-state index contributed by atoms with van der Waals surface area (Å²) in [7, 11) is 0. The van der Waals surface area contributed by atoms with Crippen molar-refractivity contribution in [1.29, 1.82) is 0 Å². The third-order valence-corrected chi connectivity index (χ3v) is 4.79. The summed E-state index contributed by atoms with van der Waals surface area (Å²) in [6.07, 6.45) is -0.804. The van der Waals surface area contributed by atoms with Crippen molar-refractivity contribution in [2.24, 2.45) is 10.9 Å². The van der Waals surface area contributed by atoms with E-state index in [2.05, 4.69) is 10.3 Å². The largest absolute Gasteiger partial charge is 0.299 e. The number of carbonyl (C=O) groups is 1. The number of benzene rings is 2. The summed E-state index contributed by atoms with van der Waals surface area (Å²) >= 11 is 0. The first kappa shape index (κ1) is 19.3. The molecule has 1 N–H and O–H groups in total. The van der Waals surface area contributed by atoms with Crippen LogP contribution >= 0.6 is 0 Å². The lowest BCUT2D eigenvalue weighted by Gasteiger charge is -2.34. The van der Waals surface area contributed by atoms with Crippen molar-refractivity contribution < 1.29 is 14.6 Å². The highest BCUT2D eigenvalue weighted by Gasteiger charge is 2.39. The van der Waals surface area contributed by atoms with Crippen LogP contribution in [-0.4, -0.2) is 21.3 Å². The van der Waals surface area contributed by atoms with Gasteiger partial charge in [0.05, 0.1) is 27.4 Å². The number of hydrogen-bond donors (Lipinski definition) is 1. The Bertz CT molecular complexity index is 988. The van der Waals surface area contributed by atoms with Crippen LogP contribution in [-0.2, 0) is 4.79 Å². The number of carbonyl (C=O) groups excluding carboxylic acids is 1. The third kappa shape index (κ3) is 3.52. The van der Waals surface area contributed by atoms with E-state index in [4.69, 9.17) is 0 Å². The van der Waals surface area contributed by atoms with Crippen molar-refractivity contribution in [3.63, 3.8) is 0 Å². The van der Waals surface area contributed by atoms with Gasteiger partial charge in [0.15, 0.2) is 0 Å². The number of hydrogen-bond acceptors (Lipinski definition) is 7. The molecule has 144 valence electrons. The molecule has 2 aromatic rings. The molecule has 1 heterocycles. The van der Waals surface area contributed by atoms with Gasteiger partial charge in [0.1, 0.15) is 11.9 Å². The van der Waals surface area contributed by atoms with Gasteiger partial charge < -0.3 is 0 Å². The van der Waals surface area contributed by atoms with E-state index in [-0.39, 0.29) is 17.2 Å². The summed E-state index contributed by atoms with van der Waals surface area (Å²) < 4.78 is 0. The molecule has 2 aromatic carbocycles. The van der Waals surface area contributed by atoms with Crippen molar-refractivity contribution >= 4 is 22.9 Å². The molecular formula is C19H18N4O5. The van der Waals surface area contributed by atoms with Crippen molar-refractivity contribution in [3.8, 4) is 0 Å². The van der Waals surface area contributed by atoms with Crippen LogP contribution in [0.25, 0.3) is 0 Å². The zero-order chi connectivity index (χ0) is 20.4. The molecule has 0 amide bonds. The number of rotatable bonds is 5. The molecule has 9 nitrogen and oxygen atoms in total. The van der Waals surface area contributed by atoms with Gasteiger partial charge in [0, 0.05) is 23.4 Å². The van der Waals surface area contributed by atoms with Crippen LogP contribution in [0.4, 0.5) is 11.4 Å². The number of aliphatic imine (C=N–C) groups is 1. The first-order valence-electron chi connectivity index (χ1n) is 8.58. The highest BCUT2D eigenvalue weighted by Crippen LogP contribution is 2.38. The van der Waals surface area contributed by atoms with Gasteiger partial charge >= 0.3 is 0 Å². The second kappa shape index (κ2) is 7.65. The Kier molecular flexibility index (Phi) is 5.27. The number of para-hydroxylation sites is 2. The first-order chi connectivity index (χ1) is 13.3. The van der Waals surface area contributed by atoms with E-state index < -0.39 is 28.0 Å². The second-order valence-corrected chi connectivity index (χ2v) is 6.54. The van der Waals surface area contributed by atoms with Crippen molar-refractivity contribution in [1.82, 2.24) is 5.32 Å². The number of nitro benzene ring substituents is 2. The smallest absolute Gasteiger partial charge is 0.276 e. The van der Waals surface area contributed by atoms with Gasteiger partial charge in [-0.2, -0.15) is 0 Å². The maximum absolute atomic E-state index is 12.3. The van der Waals surface area contributed by atoms with E-state index in [0.717, 1.165) is 0 Å². The molecular weight excluding hydrogens is 364 g/mol. The Balaban J connectivity index is 2.14. The molecule has 3 rings (SSSR count). The number of nitrogens with zero attached hydrogens (tertiary/aromatic N) is 3. The Morgan fingerprint density at radius 3 is 2.00 bits per heavy atom. The SMILES string of the molecule is CC(=O)C1C(C)=N[C@H](c2ccccc2[N+](=O)[O-])N[C@H]1c1ccccc1[N+](=O)[O-]. The highest BCUT2D eigenvalue weighted by atomic mass is 16.6. The summed E-state index contributed by atoms with van der Waals surface area (Å²) in [5, 5.41) is 26.0. The molecule has 0 fully saturated rings. The maximum atomic E-state index is 12.3. The fraction of sp³-hybridized carbons (Fsp3) is 0.263. The lowest BCUT2D eigenvalue weighted by Crippen LogP contribution is -2.42. The molecule has 9 heteroatoms. The number of nitro groups is 2. The molecule has 0 aliphatic carbocycles. The van der Waals surface area contributed by atoms with Gasteiger partial charge in [-0.3, -0.25) is 35.3 Å². The molecule has 0 spiro atoms. The second-order valence-electron chi connectivity index (χ2n) is 6.54. The molecule has 0 aromatic heterocycles. The third-order valence-electron chi connectivity index (χ3n) is 4.79. The van der Waals surface area contributed by atoms with Crippen LogP contribution in [0.5, 0.6) is 0 Å². The Morgan fingerprint density at radius 2 is 1.46 bits per heavy atom. The summed E-state index contributed by atoms with van der Waals surface area (Å²) in [4.78, 5) is 38.6. The van der Waals surface area contributed by atoms with E-state index in [1.54, 1.807) is 43.3 Å². The molecule has 1 unspecified atom stereocenters. The number of ketones is 1. The average molecular weight is 382 g/mol. The fourth-order valence-electron chi connectivity index (χ4n) is 3.59. The fourth-order valence-corrected chi connectivity index (χ4v) is 3.59. The van der Waals surface area contributed by atoms with Gasteiger partial charge in [-0.05, 0) is 19.9 Å². The standard InChI is InChI=1S/C19H18N4O5/c1-11-17(12(2)24)18(13-7-3-5-9-15(13)22(25)26)21-19(20-11)14-8-4-6-10-16(14)23(27)28/h3-10,17-19,21H,1-2H3/t17?,18-,19-/m0/s1. The van der Waals surface area contributed by atoms with Gasteiger partial charge in [0.2, 0.25) is 0 Å². The van der Waals surface area contributed by atoms with E-state index in [0.29, 0.717) is 16.8 Å². The maximum Gasteiger partial charge on any atom is 0.276 e. The average Bonchev–Trinajstić information content (AvgIpc) is 2.66. The Hall–Kier alpha value is -3.46. The summed E-state index contributed by atoms with van der Waals surface area (Å²) in [5.41, 5.74) is 0.905. The minimum atomic E-state index is -0.804. The number of nitrogens with one attached hydrogen (secondary N) is 1. The van der Waals surface area contributed by atoms with Crippen LogP contribution < -0.4 is 5.32 Å². The predicted octanol–water partition coefficient (Wildman–Crippen LogP) is 3.51. The highest BCUT2D eigenvalue weighted by molar-refractivity contribution is 6.04. The van der Waals surface area contributed by atoms with Gasteiger partial charge in [0.25, 0.3) is 11.4 Å². The van der Waals surface area contributed by atoms with E-state index >= 15 is 0 Å². The van der Waals surface area contributed by atoms with E-state index in [1.807, 2.05) is 0 Å². The molecule has 0 radical (unpaired) electrons. The van der Waals surface area contributed by atoms with Gasteiger partial charge in [-0.1, -0.05) is 30.3 Å². The minimum absolute atomic E-state index is 0.112. The zero-order valence-electron chi connectivity index (χ0n) is 15.2.